The van der Waals surface area contributed by atoms with Gasteiger partial charge in [-0.2, -0.15) is 8.42 Å². The molecule has 5 nitrogen and oxygen atoms in total. The summed E-state index contributed by atoms with van der Waals surface area (Å²) in [6.45, 7) is 1.41. The van der Waals surface area contributed by atoms with Gasteiger partial charge in [-0.1, -0.05) is 0 Å². The van der Waals surface area contributed by atoms with E-state index in [1.807, 2.05) is 0 Å². The Hall–Kier alpha value is -1.66. The molecule has 0 amide bonds. The van der Waals surface area contributed by atoms with Crippen LogP contribution in [-0.2, 0) is 10.1 Å². The maximum absolute atomic E-state index is 11.2. The Morgan fingerprint density at radius 1 is 1.31 bits per heavy atom. The van der Waals surface area contributed by atoms with Crippen molar-refractivity contribution < 1.29 is 17.8 Å². The summed E-state index contributed by atoms with van der Waals surface area (Å²) in [5, 5.41) is 0.588. The molecular formula is C10H9NO4S. The number of carbonyl (C=O) groups excluding carboxylic acids is 1. The van der Waals surface area contributed by atoms with E-state index in [9.17, 15) is 13.2 Å². The van der Waals surface area contributed by atoms with Crippen molar-refractivity contribution in [2.24, 2.45) is 0 Å². The zero-order valence-corrected chi connectivity index (χ0v) is 9.23. The molecule has 2 aromatic rings. The van der Waals surface area contributed by atoms with Crippen molar-refractivity contribution >= 4 is 26.9 Å². The fraction of sp³-hybridized carbons (Fsp3) is 0.100. The minimum atomic E-state index is -4.20. The highest BCUT2D eigenvalue weighted by atomic mass is 32.2. The van der Waals surface area contributed by atoms with E-state index in [0.717, 1.165) is 0 Å². The fourth-order valence-electron chi connectivity index (χ4n) is 1.56. The maximum Gasteiger partial charge on any atom is 0.294 e. The van der Waals surface area contributed by atoms with Crippen molar-refractivity contribution in [2.45, 2.75) is 11.8 Å². The van der Waals surface area contributed by atoms with E-state index in [-0.39, 0.29) is 10.8 Å². The lowest BCUT2D eigenvalue weighted by Crippen LogP contribution is -2.03. The Kier molecular flexibility index (Phi) is 2.32. The topological polar surface area (TPSA) is 76.4 Å². The summed E-state index contributed by atoms with van der Waals surface area (Å²) in [5.74, 6) is -0.158. The molecule has 0 saturated carbocycles. The summed E-state index contributed by atoms with van der Waals surface area (Å²) in [6.07, 6.45) is 1.56. The second-order valence-corrected chi connectivity index (χ2v) is 4.82. The van der Waals surface area contributed by atoms with Crippen LogP contribution >= 0.6 is 0 Å². The molecule has 0 fully saturated rings. The van der Waals surface area contributed by atoms with Crippen molar-refractivity contribution in [2.75, 3.05) is 0 Å². The molecule has 0 bridgehead atoms. The first kappa shape index (κ1) is 10.8. The van der Waals surface area contributed by atoms with Crippen LogP contribution in [0.1, 0.15) is 11.7 Å². The smallest absolute Gasteiger partial charge is 0.287 e. The standard InChI is InChI=1S/C10H9NO4S/c1-7(12)11-5-4-8-6-9(16(13,14)15)2-3-10(8)11/h2-6H,1H3,(H,13,14,15). The molecule has 1 aromatic carbocycles. The summed E-state index contributed by atoms with van der Waals surface area (Å²) in [4.78, 5) is 11.0. The van der Waals surface area contributed by atoms with Crippen LogP contribution in [0.3, 0.4) is 0 Å². The maximum atomic E-state index is 11.2. The first-order chi connectivity index (χ1) is 7.39. The second kappa shape index (κ2) is 3.43. The molecule has 0 aliphatic heterocycles. The van der Waals surface area contributed by atoms with Gasteiger partial charge in [0.05, 0.1) is 10.4 Å². The fourth-order valence-corrected chi connectivity index (χ4v) is 2.07. The van der Waals surface area contributed by atoms with Crippen LogP contribution in [0.25, 0.3) is 10.9 Å². The van der Waals surface area contributed by atoms with Crippen LogP contribution in [-0.4, -0.2) is 23.4 Å². The van der Waals surface area contributed by atoms with Gasteiger partial charge in [0.25, 0.3) is 10.1 Å². The monoisotopic (exact) mass is 239 g/mol. The van der Waals surface area contributed by atoms with Gasteiger partial charge in [-0.15, -0.1) is 0 Å². The molecule has 0 aliphatic rings. The summed E-state index contributed by atoms with van der Waals surface area (Å²) in [7, 11) is -4.20. The summed E-state index contributed by atoms with van der Waals surface area (Å²) in [6, 6.07) is 5.69. The van der Waals surface area contributed by atoms with Crippen molar-refractivity contribution in [1.82, 2.24) is 4.57 Å². The lowest BCUT2D eigenvalue weighted by Gasteiger charge is -2.00. The molecule has 2 rings (SSSR count). The van der Waals surface area contributed by atoms with Gasteiger partial charge in [0.15, 0.2) is 0 Å². The third kappa shape index (κ3) is 1.72. The van der Waals surface area contributed by atoms with Crippen molar-refractivity contribution in [1.29, 1.82) is 0 Å². The average Bonchev–Trinajstić information content (AvgIpc) is 2.58. The van der Waals surface area contributed by atoms with Crippen LogP contribution in [0.2, 0.25) is 0 Å². The van der Waals surface area contributed by atoms with E-state index in [1.165, 1.54) is 29.7 Å². The lowest BCUT2D eigenvalue weighted by atomic mass is 10.2. The average molecular weight is 239 g/mol. The number of aromatic nitrogens is 1. The number of nitrogens with zero attached hydrogens (tertiary/aromatic N) is 1. The highest BCUT2D eigenvalue weighted by Gasteiger charge is 2.12. The normalized spacial score (nSPS) is 11.9. The summed E-state index contributed by atoms with van der Waals surface area (Å²) < 4.78 is 32.1. The van der Waals surface area contributed by atoms with Crippen molar-refractivity contribution in [3.8, 4) is 0 Å². The first-order valence-electron chi connectivity index (χ1n) is 4.49. The minimum absolute atomic E-state index is 0.158. The Morgan fingerprint density at radius 3 is 2.56 bits per heavy atom. The van der Waals surface area contributed by atoms with E-state index < -0.39 is 10.1 Å². The van der Waals surface area contributed by atoms with Gasteiger partial charge in [0.2, 0.25) is 5.91 Å². The van der Waals surface area contributed by atoms with Gasteiger partial charge in [0, 0.05) is 18.5 Å². The molecule has 0 aliphatic carbocycles. The Morgan fingerprint density at radius 2 is 2.00 bits per heavy atom. The molecule has 1 N–H and O–H groups in total. The van der Waals surface area contributed by atoms with E-state index in [0.29, 0.717) is 10.9 Å². The first-order valence-corrected chi connectivity index (χ1v) is 5.93. The van der Waals surface area contributed by atoms with Crippen LogP contribution < -0.4 is 0 Å². The summed E-state index contributed by atoms with van der Waals surface area (Å²) >= 11 is 0. The van der Waals surface area contributed by atoms with Gasteiger partial charge in [-0.05, 0) is 24.3 Å². The predicted molar refractivity (Wildman–Crippen MR) is 58.1 cm³/mol. The second-order valence-electron chi connectivity index (χ2n) is 3.40. The third-order valence-corrected chi connectivity index (χ3v) is 3.15. The minimum Gasteiger partial charge on any atom is -0.287 e. The molecule has 16 heavy (non-hydrogen) atoms. The van der Waals surface area contributed by atoms with Gasteiger partial charge in [-0.25, -0.2) is 0 Å². The zero-order valence-electron chi connectivity index (χ0n) is 8.41. The number of carbonyl (C=O) groups is 1. The molecule has 0 saturated heterocycles. The largest absolute Gasteiger partial charge is 0.294 e. The van der Waals surface area contributed by atoms with Crippen molar-refractivity contribution in [3.05, 3.63) is 30.5 Å². The van der Waals surface area contributed by atoms with Gasteiger partial charge < -0.3 is 0 Å². The Labute approximate surface area is 92.1 Å². The van der Waals surface area contributed by atoms with Crippen LogP contribution in [0, 0.1) is 0 Å². The molecule has 0 radical (unpaired) electrons. The van der Waals surface area contributed by atoms with Crippen LogP contribution in [0.15, 0.2) is 35.4 Å². The van der Waals surface area contributed by atoms with E-state index in [4.69, 9.17) is 4.55 Å². The number of rotatable bonds is 1. The van der Waals surface area contributed by atoms with Gasteiger partial charge >= 0.3 is 0 Å². The van der Waals surface area contributed by atoms with Crippen molar-refractivity contribution in [3.63, 3.8) is 0 Å². The summed E-state index contributed by atoms with van der Waals surface area (Å²) in [5.41, 5.74) is 0.611. The van der Waals surface area contributed by atoms with Crippen LogP contribution in [0.5, 0.6) is 0 Å². The molecule has 84 valence electrons. The number of hydrogen-bond donors (Lipinski definition) is 1. The van der Waals surface area contributed by atoms with Gasteiger partial charge in [-0.3, -0.25) is 13.9 Å². The molecule has 0 unspecified atom stereocenters. The van der Waals surface area contributed by atoms with Gasteiger partial charge in [0.1, 0.15) is 0 Å². The van der Waals surface area contributed by atoms with E-state index in [2.05, 4.69) is 0 Å². The highest BCUT2D eigenvalue weighted by molar-refractivity contribution is 7.85. The number of benzene rings is 1. The van der Waals surface area contributed by atoms with Crippen LogP contribution in [0.4, 0.5) is 0 Å². The predicted octanol–water partition coefficient (Wildman–Crippen LogP) is 1.55. The molecule has 0 spiro atoms. The lowest BCUT2D eigenvalue weighted by molar-refractivity contribution is 0.0941. The zero-order chi connectivity index (χ0) is 11.9. The third-order valence-electron chi connectivity index (χ3n) is 2.30. The molecule has 0 atom stereocenters. The number of fused-ring (bicyclic) bond motifs is 1. The Balaban J connectivity index is 2.71. The molecule has 1 aromatic heterocycles. The van der Waals surface area contributed by atoms with E-state index in [1.54, 1.807) is 12.3 Å². The molecule has 6 heteroatoms. The highest BCUT2D eigenvalue weighted by Crippen LogP contribution is 2.20. The van der Waals surface area contributed by atoms with E-state index >= 15 is 0 Å². The Bertz CT molecular complexity index is 669. The number of hydrogen-bond acceptors (Lipinski definition) is 3. The SMILES string of the molecule is CC(=O)n1ccc2cc(S(=O)(=O)O)ccc21. The quantitative estimate of drug-likeness (QED) is 0.766. The molecule has 1 heterocycles. The molecular weight excluding hydrogens is 230 g/mol.